The van der Waals surface area contributed by atoms with Crippen LogP contribution in [-0.2, 0) is 0 Å². The molecule has 0 aliphatic rings. The molecule has 2 rings (SSSR count). The molecule has 0 spiro atoms. The average molecular weight is 176 g/mol. The van der Waals surface area contributed by atoms with Gasteiger partial charge in [0.1, 0.15) is 0 Å². The Morgan fingerprint density at radius 2 is 1.85 bits per heavy atom. The van der Waals surface area contributed by atoms with E-state index >= 15 is 0 Å². The molecule has 0 saturated carbocycles. The normalized spacial score (nSPS) is 11.0. The summed E-state index contributed by atoms with van der Waals surface area (Å²) in [7, 11) is 0. The molecule has 0 amide bonds. The summed E-state index contributed by atoms with van der Waals surface area (Å²) in [6.45, 7) is 5.81. The third-order valence-corrected chi connectivity index (χ3v) is 2.43. The molecule has 0 fully saturated rings. The zero-order valence-electron chi connectivity index (χ0n) is 7.99. The van der Waals surface area contributed by atoms with Crippen molar-refractivity contribution in [2.75, 3.05) is 0 Å². The maximum atomic E-state index is 11.6. The van der Waals surface area contributed by atoms with Crippen molar-refractivity contribution in [3.63, 3.8) is 0 Å². The molecule has 0 unspecified atom stereocenters. The van der Waals surface area contributed by atoms with Gasteiger partial charge in [-0.2, -0.15) is 0 Å². The van der Waals surface area contributed by atoms with E-state index in [1.165, 1.54) is 0 Å². The monoisotopic (exact) mass is 176 g/mol. The Kier molecular flexibility index (Phi) is 1.55. The summed E-state index contributed by atoms with van der Waals surface area (Å²) in [5.41, 5.74) is 3.91. The first kappa shape index (κ1) is 8.10. The number of pyridine rings is 1. The lowest BCUT2D eigenvalue weighted by Crippen LogP contribution is -2.06. The Labute approximate surface area is 75.8 Å². The molecule has 2 aromatic heterocycles. The maximum Gasteiger partial charge on any atom is 0.257 e. The van der Waals surface area contributed by atoms with Crippen molar-refractivity contribution < 1.29 is 0 Å². The lowest BCUT2D eigenvalue weighted by Gasteiger charge is -1.93. The van der Waals surface area contributed by atoms with Gasteiger partial charge < -0.3 is 9.97 Å². The van der Waals surface area contributed by atoms with Crippen LogP contribution in [0.3, 0.4) is 0 Å². The van der Waals surface area contributed by atoms with E-state index in [-0.39, 0.29) is 5.56 Å². The van der Waals surface area contributed by atoms with Crippen LogP contribution in [0.25, 0.3) is 10.9 Å². The van der Waals surface area contributed by atoms with Crippen molar-refractivity contribution in [2.45, 2.75) is 20.8 Å². The molecule has 2 N–H and O–H groups in total. The Bertz CT molecular complexity index is 519. The minimum Gasteiger partial charge on any atom is -0.358 e. The van der Waals surface area contributed by atoms with E-state index in [2.05, 4.69) is 9.97 Å². The standard InChI is InChI=1S/C10H12N2O/c1-5-4-8-9(10(13)11-5)6(2)7(3)12-8/h4,12H,1-3H3,(H,11,13). The van der Waals surface area contributed by atoms with E-state index < -0.39 is 0 Å². The van der Waals surface area contributed by atoms with E-state index in [0.717, 1.165) is 27.9 Å². The zero-order chi connectivity index (χ0) is 9.59. The van der Waals surface area contributed by atoms with Gasteiger partial charge in [-0.25, -0.2) is 0 Å². The van der Waals surface area contributed by atoms with Crippen molar-refractivity contribution in [1.29, 1.82) is 0 Å². The van der Waals surface area contributed by atoms with Crippen LogP contribution in [0, 0.1) is 20.8 Å². The smallest absolute Gasteiger partial charge is 0.257 e. The molecule has 0 aliphatic carbocycles. The molecule has 0 radical (unpaired) electrons. The predicted octanol–water partition coefficient (Wildman–Crippen LogP) is 1.78. The van der Waals surface area contributed by atoms with Crippen molar-refractivity contribution in [3.05, 3.63) is 33.4 Å². The number of hydrogen-bond acceptors (Lipinski definition) is 1. The van der Waals surface area contributed by atoms with Crippen molar-refractivity contribution >= 4 is 10.9 Å². The molecule has 3 heteroatoms. The van der Waals surface area contributed by atoms with Gasteiger partial charge in [-0.15, -0.1) is 0 Å². The highest BCUT2D eigenvalue weighted by molar-refractivity contribution is 5.83. The molecule has 13 heavy (non-hydrogen) atoms. The van der Waals surface area contributed by atoms with Crippen LogP contribution in [0.1, 0.15) is 17.0 Å². The molecule has 0 aromatic carbocycles. The van der Waals surface area contributed by atoms with Crippen molar-refractivity contribution in [2.24, 2.45) is 0 Å². The molecule has 3 nitrogen and oxygen atoms in total. The Morgan fingerprint density at radius 1 is 1.15 bits per heavy atom. The Morgan fingerprint density at radius 3 is 2.54 bits per heavy atom. The molecule has 0 aliphatic heterocycles. The van der Waals surface area contributed by atoms with Crippen LogP contribution in [0.5, 0.6) is 0 Å². The van der Waals surface area contributed by atoms with E-state index in [9.17, 15) is 4.79 Å². The largest absolute Gasteiger partial charge is 0.358 e. The lowest BCUT2D eigenvalue weighted by atomic mass is 10.2. The summed E-state index contributed by atoms with van der Waals surface area (Å²) in [6.07, 6.45) is 0. The number of aryl methyl sites for hydroxylation is 3. The first-order valence-corrected chi connectivity index (χ1v) is 4.28. The number of rotatable bonds is 0. The van der Waals surface area contributed by atoms with Crippen LogP contribution in [0.15, 0.2) is 10.9 Å². The quantitative estimate of drug-likeness (QED) is 0.631. The second kappa shape index (κ2) is 2.49. The summed E-state index contributed by atoms with van der Waals surface area (Å²) < 4.78 is 0. The average Bonchev–Trinajstić information content (AvgIpc) is 2.27. The molecular formula is C10H12N2O. The number of H-pyrrole nitrogens is 2. The minimum atomic E-state index is -0.00292. The third kappa shape index (κ3) is 1.08. The second-order valence-corrected chi connectivity index (χ2v) is 3.45. The third-order valence-electron chi connectivity index (χ3n) is 2.43. The minimum absolute atomic E-state index is 0.00292. The van der Waals surface area contributed by atoms with Crippen molar-refractivity contribution in [3.8, 4) is 0 Å². The van der Waals surface area contributed by atoms with Gasteiger partial charge in [-0.3, -0.25) is 4.79 Å². The maximum absolute atomic E-state index is 11.6. The fraction of sp³-hybridized carbons (Fsp3) is 0.300. The van der Waals surface area contributed by atoms with Crippen molar-refractivity contribution in [1.82, 2.24) is 9.97 Å². The molecule has 0 bridgehead atoms. The van der Waals surface area contributed by atoms with Gasteiger partial charge in [0.15, 0.2) is 0 Å². The molecule has 0 saturated heterocycles. The number of fused-ring (bicyclic) bond motifs is 1. The number of nitrogens with one attached hydrogen (secondary N) is 2. The second-order valence-electron chi connectivity index (χ2n) is 3.45. The van der Waals surface area contributed by atoms with Crippen LogP contribution in [0.4, 0.5) is 0 Å². The Balaban J connectivity index is 3.03. The van der Waals surface area contributed by atoms with Gasteiger partial charge in [-0.05, 0) is 32.4 Å². The highest BCUT2D eigenvalue weighted by atomic mass is 16.1. The summed E-state index contributed by atoms with van der Waals surface area (Å²) >= 11 is 0. The number of hydrogen-bond donors (Lipinski definition) is 2. The van der Waals surface area contributed by atoms with E-state index in [1.54, 1.807) is 0 Å². The highest BCUT2D eigenvalue weighted by Gasteiger charge is 2.07. The first-order valence-electron chi connectivity index (χ1n) is 4.28. The topological polar surface area (TPSA) is 48.6 Å². The molecule has 2 heterocycles. The lowest BCUT2D eigenvalue weighted by molar-refractivity contribution is 1.17. The summed E-state index contributed by atoms with van der Waals surface area (Å²) in [4.78, 5) is 17.5. The molecule has 2 aromatic rings. The first-order chi connectivity index (χ1) is 6.09. The molecule has 68 valence electrons. The Hall–Kier alpha value is -1.51. The van der Waals surface area contributed by atoms with Crippen LogP contribution in [0.2, 0.25) is 0 Å². The molecular weight excluding hydrogens is 164 g/mol. The van der Waals surface area contributed by atoms with E-state index in [4.69, 9.17) is 0 Å². The van der Waals surface area contributed by atoms with E-state index in [1.807, 2.05) is 26.8 Å². The van der Waals surface area contributed by atoms with Gasteiger partial charge in [-0.1, -0.05) is 0 Å². The molecule has 0 atom stereocenters. The fourth-order valence-electron chi connectivity index (χ4n) is 1.64. The van der Waals surface area contributed by atoms with Gasteiger partial charge >= 0.3 is 0 Å². The van der Waals surface area contributed by atoms with Gasteiger partial charge in [0.05, 0.1) is 10.9 Å². The van der Waals surface area contributed by atoms with Crippen LogP contribution in [-0.4, -0.2) is 9.97 Å². The van der Waals surface area contributed by atoms with E-state index in [0.29, 0.717) is 0 Å². The predicted molar refractivity (Wildman–Crippen MR) is 53.1 cm³/mol. The van der Waals surface area contributed by atoms with Gasteiger partial charge in [0.25, 0.3) is 5.56 Å². The van der Waals surface area contributed by atoms with Crippen LogP contribution >= 0.6 is 0 Å². The van der Waals surface area contributed by atoms with Gasteiger partial charge in [0.2, 0.25) is 0 Å². The van der Waals surface area contributed by atoms with Crippen LogP contribution < -0.4 is 5.56 Å². The number of aromatic amines is 2. The zero-order valence-corrected chi connectivity index (χ0v) is 7.99. The number of aromatic nitrogens is 2. The summed E-state index contributed by atoms with van der Waals surface area (Å²) in [6, 6.07) is 1.96. The van der Waals surface area contributed by atoms with Gasteiger partial charge in [0, 0.05) is 11.4 Å². The fourth-order valence-corrected chi connectivity index (χ4v) is 1.64. The summed E-state index contributed by atoms with van der Waals surface area (Å²) in [5, 5.41) is 0.781. The summed E-state index contributed by atoms with van der Waals surface area (Å²) in [5.74, 6) is 0. The highest BCUT2D eigenvalue weighted by Crippen LogP contribution is 2.17. The SMILES string of the molecule is Cc1cc2[nH]c(C)c(C)c2c(=O)[nH]1.